The summed E-state index contributed by atoms with van der Waals surface area (Å²) in [6.07, 6.45) is 0. The minimum absolute atomic E-state index is 0.161. The lowest BCUT2D eigenvalue weighted by molar-refractivity contribution is -0.130. The molecule has 0 aliphatic heterocycles. The van der Waals surface area contributed by atoms with Gasteiger partial charge in [0.2, 0.25) is 0 Å². The summed E-state index contributed by atoms with van der Waals surface area (Å²) in [5.74, 6) is 0.237. The SMILES string of the molecule is COc1cc2c(cc1NC(=O)c1ccccc1OCC(=O)N(C)C)oc1ccccc12. The first-order valence-corrected chi connectivity index (χ1v) is 9.70. The van der Waals surface area contributed by atoms with Crippen molar-refractivity contribution in [1.82, 2.24) is 4.90 Å². The third-order valence-electron chi connectivity index (χ3n) is 4.93. The highest BCUT2D eigenvalue weighted by molar-refractivity contribution is 6.10. The minimum Gasteiger partial charge on any atom is -0.495 e. The molecule has 0 spiro atoms. The fourth-order valence-corrected chi connectivity index (χ4v) is 3.26. The number of methoxy groups -OCH3 is 1. The molecule has 4 aromatic rings. The molecule has 158 valence electrons. The Morgan fingerprint density at radius 1 is 0.935 bits per heavy atom. The topological polar surface area (TPSA) is 81.0 Å². The van der Waals surface area contributed by atoms with Crippen LogP contribution in [0.5, 0.6) is 11.5 Å². The first kappa shape index (κ1) is 20.3. The molecule has 0 aliphatic carbocycles. The molecule has 0 saturated carbocycles. The number of carbonyl (C=O) groups is 2. The van der Waals surface area contributed by atoms with Crippen LogP contribution in [0.15, 0.2) is 65.1 Å². The molecule has 7 heteroatoms. The number of furan rings is 1. The van der Waals surface area contributed by atoms with Gasteiger partial charge in [-0.1, -0.05) is 30.3 Å². The molecule has 0 aliphatic rings. The fourth-order valence-electron chi connectivity index (χ4n) is 3.26. The molecule has 1 heterocycles. The van der Waals surface area contributed by atoms with Crippen molar-refractivity contribution in [2.24, 2.45) is 0 Å². The Labute approximate surface area is 179 Å². The van der Waals surface area contributed by atoms with E-state index in [0.717, 1.165) is 16.4 Å². The number of fused-ring (bicyclic) bond motifs is 3. The summed E-state index contributed by atoms with van der Waals surface area (Å²) in [7, 11) is 4.83. The molecule has 0 fully saturated rings. The van der Waals surface area contributed by atoms with Crippen molar-refractivity contribution in [1.29, 1.82) is 0 Å². The third-order valence-corrected chi connectivity index (χ3v) is 4.93. The number of likely N-dealkylation sites (N-methyl/N-ethyl adjacent to an activating group) is 1. The number of para-hydroxylation sites is 2. The van der Waals surface area contributed by atoms with E-state index in [4.69, 9.17) is 13.9 Å². The summed E-state index contributed by atoms with van der Waals surface area (Å²) < 4.78 is 17.0. The second-order valence-electron chi connectivity index (χ2n) is 7.17. The van der Waals surface area contributed by atoms with Gasteiger partial charge in [0.15, 0.2) is 6.61 Å². The molecule has 7 nitrogen and oxygen atoms in total. The molecule has 4 rings (SSSR count). The Bertz CT molecular complexity index is 1280. The number of ether oxygens (including phenoxy) is 2. The second kappa shape index (κ2) is 8.39. The molecule has 1 aromatic heterocycles. The largest absolute Gasteiger partial charge is 0.495 e. The van der Waals surface area contributed by atoms with Gasteiger partial charge in [-0.05, 0) is 24.3 Å². The average Bonchev–Trinajstić information content (AvgIpc) is 3.14. The quantitative estimate of drug-likeness (QED) is 0.505. The smallest absolute Gasteiger partial charge is 0.259 e. The molecular weight excluding hydrogens is 396 g/mol. The maximum Gasteiger partial charge on any atom is 0.259 e. The normalized spacial score (nSPS) is 10.8. The Morgan fingerprint density at radius 2 is 1.68 bits per heavy atom. The summed E-state index contributed by atoms with van der Waals surface area (Å²) in [6, 6.07) is 18.1. The van der Waals surface area contributed by atoms with Gasteiger partial charge in [-0.15, -0.1) is 0 Å². The maximum absolute atomic E-state index is 13.0. The van der Waals surface area contributed by atoms with E-state index in [9.17, 15) is 9.59 Å². The van der Waals surface area contributed by atoms with E-state index in [2.05, 4.69) is 5.32 Å². The number of benzene rings is 3. The van der Waals surface area contributed by atoms with Gasteiger partial charge in [-0.25, -0.2) is 0 Å². The maximum atomic E-state index is 13.0. The summed E-state index contributed by atoms with van der Waals surface area (Å²) in [6.45, 7) is -0.161. The predicted octanol–water partition coefficient (Wildman–Crippen LogP) is 4.31. The number of hydrogen-bond donors (Lipinski definition) is 1. The van der Waals surface area contributed by atoms with Gasteiger partial charge in [0, 0.05) is 30.9 Å². The van der Waals surface area contributed by atoms with Crippen molar-refractivity contribution >= 4 is 39.4 Å². The minimum atomic E-state index is -0.387. The van der Waals surface area contributed by atoms with Gasteiger partial charge < -0.3 is 24.1 Å². The lowest BCUT2D eigenvalue weighted by Crippen LogP contribution is -2.28. The predicted molar refractivity (Wildman–Crippen MR) is 119 cm³/mol. The lowest BCUT2D eigenvalue weighted by Gasteiger charge is -2.15. The molecule has 1 N–H and O–H groups in total. The number of amides is 2. The van der Waals surface area contributed by atoms with E-state index in [0.29, 0.717) is 28.3 Å². The number of rotatable bonds is 6. The van der Waals surface area contributed by atoms with Gasteiger partial charge in [0.05, 0.1) is 18.4 Å². The number of anilines is 1. The second-order valence-corrected chi connectivity index (χ2v) is 7.17. The molecule has 31 heavy (non-hydrogen) atoms. The molecule has 3 aromatic carbocycles. The van der Waals surface area contributed by atoms with Crippen molar-refractivity contribution < 1.29 is 23.5 Å². The Balaban J connectivity index is 1.64. The molecule has 0 radical (unpaired) electrons. The van der Waals surface area contributed by atoms with E-state index in [1.54, 1.807) is 51.5 Å². The number of hydrogen-bond acceptors (Lipinski definition) is 5. The van der Waals surface area contributed by atoms with Crippen molar-refractivity contribution in [3.63, 3.8) is 0 Å². The van der Waals surface area contributed by atoms with Crippen LogP contribution in [-0.2, 0) is 4.79 Å². The molecular formula is C24H22N2O5. The van der Waals surface area contributed by atoms with Crippen LogP contribution in [0.4, 0.5) is 5.69 Å². The van der Waals surface area contributed by atoms with Crippen molar-refractivity contribution in [2.75, 3.05) is 33.1 Å². The Hall–Kier alpha value is -4.00. The lowest BCUT2D eigenvalue weighted by atomic mass is 10.1. The van der Waals surface area contributed by atoms with Crippen LogP contribution in [-0.4, -0.2) is 44.5 Å². The van der Waals surface area contributed by atoms with E-state index in [1.807, 2.05) is 30.3 Å². The Kier molecular flexibility index (Phi) is 5.49. The van der Waals surface area contributed by atoms with Crippen LogP contribution in [0.1, 0.15) is 10.4 Å². The van der Waals surface area contributed by atoms with E-state index < -0.39 is 0 Å². The van der Waals surface area contributed by atoms with Crippen LogP contribution >= 0.6 is 0 Å². The first-order chi connectivity index (χ1) is 15.0. The van der Waals surface area contributed by atoms with Crippen LogP contribution in [0.25, 0.3) is 21.9 Å². The summed E-state index contributed by atoms with van der Waals surface area (Å²) in [4.78, 5) is 26.3. The van der Waals surface area contributed by atoms with Crippen molar-refractivity contribution in [3.8, 4) is 11.5 Å². The number of nitrogens with one attached hydrogen (secondary N) is 1. The number of carbonyl (C=O) groups excluding carboxylic acids is 2. The monoisotopic (exact) mass is 418 g/mol. The van der Waals surface area contributed by atoms with E-state index in [-0.39, 0.29) is 18.4 Å². The molecule has 0 unspecified atom stereocenters. The van der Waals surface area contributed by atoms with Gasteiger partial charge in [-0.2, -0.15) is 0 Å². The van der Waals surface area contributed by atoms with Crippen LogP contribution in [0.3, 0.4) is 0 Å². The summed E-state index contributed by atoms with van der Waals surface area (Å²) >= 11 is 0. The molecule has 0 saturated heterocycles. The van der Waals surface area contributed by atoms with Crippen molar-refractivity contribution in [2.45, 2.75) is 0 Å². The zero-order valence-corrected chi connectivity index (χ0v) is 17.5. The van der Waals surface area contributed by atoms with E-state index in [1.165, 1.54) is 4.90 Å². The van der Waals surface area contributed by atoms with Gasteiger partial charge in [0.25, 0.3) is 11.8 Å². The van der Waals surface area contributed by atoms with E-state index >= 15 is 0 Å². The molecule has 2 amide bonds. The zero-order valence-electron chi connectivity index (χ0n) is 17.5. The highest BCUT2D eigenvalue weighted by atomic mass is 16.5. The summed E-state index contributed by atoms with van der Waals surface area (Å²) in [5.41, 5.74) is 2.17. The van der Waals surface area contributed by atoms with Crippen molar-refractivity contribution in [3.05, 3.63) is 66.2 Å². The number of nitrogens with zero attached hydrogens (tertiary/aromatic N) is 1. The standard InChI is InChI=1S/C24H22N2O5/c1-26(2)23(27)14-30-19-10-6-5-9-16(19)24(28)25-18-13-21-17(12-22(18)29-3)15-8-4-7-11-20(15)31-21/h4-13H,14H2,1-3H3,(H,25,28). The highest BCUT2D eigenvalue weighted by Crippen LogP contribution is 2.36. The zero-order chi connectivity index (χ0) is 22.0. The van der Waals surface area contributed by atoms with Crippen LogP contribution in [0.2, 0.25) is 0 Å². The van der Waals surface area contributed by atoms with Gasteiger partial charge in [0.1, 0.15) is 22.7 Å². The van der Waals surface area contributed by atoms with Crippen LogP contribution in [0, 0.1) is 0 Å². The van der Waals surface area contributed by atoms with Gasteiger partial charge in [-0.3, -0.25) is 9.59 Å². The summed E-state index contributed by atoms with van der Waals surface area (Å²) in [5, 5.41) is 4.74. The average molecular weight is 418 g/mol. The first-order valence-electron chi connectivity index (χ1n) is 9.70. The molecule has 0 bridgehead atoms. The van der Waals surface area contributed by atoms with Gasteiger partial charge >= 0.3 is 0 Å². The highest BCUT2D eigenvalue weighted by Gasteiger charge is 2.18. The third kappa shape index (κ3) is 4.02. The Morgan fingerprint density at radius 3 is 2.45 bits per heavy atom. The molecule has 0 atom stereocenters. The fraction of sp³-hybridized carbons (Fsp3) is 0.167. The van der Waals surface area contributed by atoms with Crippen LogP contribution < -0.4 is 14.8 Å².